The molecule has 0 saturated carbocycles. The first kappa shape index (κ1) is 12.3. The van der Waals surface area contributed by atoms with Gasteiger partial charge in [-0.15, -0.1) is 0 Å². The van der Waals surface area contributed by atoms with Gasteiger partial charge in [0.05, 0.1) is 12.8 Å². The predicted octanol–water partition coefficient (Wildman–Crippen LogP) is 2.99. The van der Waals surface area contributed by atoms with E-state index >= 15 is 0 Å². The molecule has 0 N–H and O–H groups in total. The average molecular weight is 260 g/mol. The molecule has 18 heavy (non-hydrogen) atoms. The van der Waals surface area contributed by atoms with Gasteiger partial charge in [-0.25, -0.2) is 9.97 Å². The van der Waals surface area contributed by atoms with Crippen molar-refractivity contribution in [3.8, 4) is 23.1 Å². The Hall–Kier alpha value is -2.12. The van der Waals surface area contributed by atoms with Crippen LogP contribution in [0.25, 0.3) is 11.3 Å². The Kier molecular flexibility index (Phi) is 3.45. The number of aryl methyl sites for hydroxylation is 1. The minimum atomic E-state index is 0.117. The second-order valence-corrected chi connectivity index (χ2v) is 4.09. The van der Waals surface area contributed by atoms with Crippen LogP contribution in [0.1, 0.15) is 11.4 Å². The number of rotatable bonds is 2. The molecule has 1 aromatic carbocycles. The quantitative estimate of drug-likeness (QED) is 0.832. The van der Waals surface area contributed by atoms with Gasteiger partial charge in [-0.05, 0) is 30.7 Å². The first-order chi connectivity index (χ1) is 8.65. The molecule has 0 fully saturated rings. The first-order valence-corrected chi connectivity index (χ1v) is 5.61. The van der Waals surface area contributed by atoms with Crippen LogP contribution >= 0.6 is 11.6 Å². The van der Waals surface area contributed by atoms with E-state index in [0.29, 0.717) is 16.5 Å². The Morgan fingerprint density at radius 2 is 2.17 bits per heavy atom. The van der Waals surface area contributed by atoms with Crippen molar-refractivity contribution >= 4 is 11.6 Å². The maximum atomic E-state index is 8.80. The minimum Gasteiger partial charge on any atom is -0.496 e. The summed E-state index contributed by atoms with van der Waals surface area (Å²) in [5.41, 5.74) is 2.28. The maximum absolute atomic E-state index is 8.80. The lowest BCUT2D eigenvalue weighted by Crippen LogP contribution is -1.95. The third-order valence-electron chi connectivity index (χ3n) is 2.51. The fraction of sp³-hybridized carbons (Fsp3) is 0.154. The molecule has 0 aliphatic carbocycles. The number of benzene rings is 1. The summed E-state index contributed by atoms with van der Waals surface area (Å²) in [5.74, 6) is 0.783. The zero-order valence-corrected chi connectivity index (χ0v) is 10.7. The van der Waals surface area contributed by atoms with Gasteiger partial charge < -0.3 is 4.74 Å². The normalized spacial score (nSPS) is 9.89. The molecule has 0 saturated heterocycles. The molecule has 0 bridgehead atoms. The standard InChI is InChI=1S/C13H10ClN3O/c1-8-5-12(18-2)9(6-10(8)14)11-3-4-16-13(7-15)17-11/h3-6H,1-2H3. The number of nitrogens with zero attached hydrogens (tertiary/aromatic N) is 3. The second-order valence-electron chi connectivity index (χ2n) is 3.68. The van der Waals surface area contributed by atoms with Crippen molar-refractivity contribution in [3.05, 3.63) is 40.8 Å². The summed E-state index contributed by atoms with van der Waals surface area (Å²) < 4.78 is 5.31. The highest BCUT2D eigenvalue weighted by Gasteiger charge is 2.11. The van der Waals surface area contributed by atoms with Crippen molar-refractivity contribution in [3.63, 3.8) is 0 Å². The van der Waals surface area contributed by atoms with Crippen LogP contribution in [0.4, 0.5) is 0 Å². The number of halogens is 1. The fourth-order valence-electron chi connectivity index (χ4n) is 1.59. The van der Waals surface area contributed by atoms with Crippen molar-refractivity contribution in [2.75, 3.05) is 7.11 Å². The van der Waals surface area contributed by atoms with Gasteiger partial charge in [0.2, 0.25) is 5.82 Å². The molecule has 0 atom stereocenters. The van der Waals surface area contributed by atoms with Gasteiger partial charge >= 0.3 is 0 Å². The molecule has 4 nitrogen and oxygen atoms in total. The largest absolute Gasteiger partial charge is 0.496 e. The third kappa shape index (κ3) is 2.27. The highest BCUT2D eigenvalue weighted by Crippen LogP contribution is 2.33. The summed E-state index contributed by atoms with van der Waals surface area (Å²) in [6, 6.07) is 7.23. The van der Waals surface area contributed by atoms with E-state index in [9.17, 15) is 0 Å². The topological polar surface area (TPSA) is 58.8 Å². The van der Waals surface area contributed by atoms with Gasteiger partial charge in [-0.1, -0.05) is 11.6 Å². The Morgan fingerprint density at radius 1 is 1.39 bits per heavy atom. The van der Waals surface area contributed by atoms with Crippen LogP contribution in [0.3, 0.4) is 0 Å². The Labute approximate surface area is 110 Å². The molecule has 1 aromatic heterocycles. The smallest absolute Gasteiger partial charge is 0.232 e. The summed E-state index contributed by atoms with van der Waals surface area (Å²) in [7, 11) is 1.58. The van der Waals surface area contributed by atoms with Gasteiger partial charge in [0.25, 0.3) is 0 Å². The molecule has 0 radical (unpaired) electrons. The highest BCUT2D eigenvalue weighted by atomic mass is 35.5. The highest BCUT2D eigenvalue weighted by molar-refractivity contribution is 6.31. The number of nitriles is 1. The number of hydrogen-bond acceptors (Lipinski definition) is 4. The van der Waals surface area contributed by atoms with Gasteiger partial charge in [-0.2, -0.15) is 5.26 Å². The molecule has 0 amide bonds. The minimum absolute atomic E-state index is 0.117. The Morgan fingerprint density at radius 3 is 2.83 bits per heavy atom. The van der Waals surface area contributed by atoms with E-state index in [1.165, 1.54) is 6.20 Å². The van der Waals surface area contributed by atoms with Crippen LogP contribution < -0.4 is 4.74 Å². The summed E-state index contributed by atoms with van der Waals surface area (Å²) in [6.07, 6.45) is 1.54. The lowest BCUT2D eigenvalue weighted by atomic mass is 10.1. The number of methoxy groups -OCH3 is 1. The van der Waals surface area contributed by atoms with Gasteiger partial charge in [-0.3, -0.25) is 0 Å². The molecule has 0 aliphatic rings. The summed E-state index contributed by atoms with van der Waals surface area (Å²) >= 11 is 6.10. The van der Waals surface area contributed by atoms with Gasteiger partial charge in [0, 0.05) is 16.8 Å². The number of aromatic nitrogens is 2. The van der Waals surface area contributed by atoms with E-state index in [1.807, 2.05) is 19.1 Å². The van der Waals surface area contributed by atoms with E-state index in [2.05, 4.69) is 9.97 Å². The first-order valence-electron chi connectivity index (χ1n) is 5.23. The second kappa shape index (κ2) is 5.03. The molecule has 90 valence electrons. The monoisotopic (exact) mass is 259 g/mol. The van der Waals surface area contributed by atoms with Crippen molar-refractivity contribution in [2.24, 2.45) is 0 Å². The van der Waals surface area contributed by atoms with Crippen molar-refractivity contribution in [2.45, 2.75) is 6.92 Å². The van der Waals surface area contributed by atoms with Crippen LogP contribution in [0, 0.1) is 18.3 Å². The van der Waals surface area contributed by atoms with Crippen LogP contribution in [0.5, 0.6) is 5.75 Å². The molecule has 1 heterocycles. The summed E-state index contributed by atoms with van der Waals surface area (Å²) in [6.45, 7) is 1.90. The van der Waals surface area contributed by atoms with Crippen LogP contribution in [-0.2, 0) is 0 Å². The van der Waals surface area contributed by atoms with Crippen LogP contribution in [0.2, 0.25) is 5.02 Å². The van der Waals surface area contributed by atoms with Crippen molar-refractivity contribution < 1.29 is 4.74 Å². The van der Waals surface area contributed by atoms with E-state index in [-0.39, 0.29) is 5.82 Å². The third-order valence-corrected chi connectivity index (χ3v) is 2.92. The number of ether oxygens (including phenoxy) is 1. The molecule has 0 aliphatic heterocycles. The molecular formula is C13H10ClN3O. The van der Waals surface area contributed by atoms with Crippen molar-refractivity contribution in [1.82, 2.24) is 9.97 Å². The molecule has 2 rings (SSSR count). The van der Waals surface area contributed by atoms with E-state index < -0.39 is 0 Å². The van der Waals surface area contributed by atoms with E-state index in [4.69, 9.17) is 21.6 Å². The van der Waals surface area contributed by atoms with Gasteiger partial charge in [0.1, 0.15) is 11.8 Å². The average Bonchev–Trinajstić information content (AvgIpc) is 2.41. The molecule has 0 spiro atoms. The summed E-state index contributed by atoms with van der Waals surface area (Å²) in [4.78, 5) is 7.96. The lowest BCUT2D eigenvalue weighted by molar-refractivity contribution is 0.416. The van der Waals surface area contributed by atoms with Gasteiger partial charge in [0.15, 0.2) is 0 Å². The Balaban J connectivity index is 2.62. The Bertz CT molecular complexity index is 635. The predicted molar refractivity (Wildman–Crippen MR) is 68.5 cm³/mol. The zero-order chi connectivity index (χ0) is 13.1. The molecule has 2 aromatic rings. The van der Waals surface area contributed by atoms with E-state index in [1.54, 1.807) is 19.2 Å². The number of hydrogen-bond donors (Lipinski definition) is 0. The van der Waals surface area contributed by atoms with Crippen LogP contribution in [0.15, 0.2) is 24.4 Å². The molecule has 0 unspecified atom stereocenters. The lowest BCUT2D eigenvalue weighted by Gasteiger charge is -2.10. The SMILES string of the molecule is COc1cc(C)c(Cl)cc1-c1ccnc(C#N)n1. The maximum Gasteiger partial charge on any atom is 0.232 e. The van der Waals surface area contributed by atoms with Crippen LogP contribution in [-0.4, -0.2) is 17.1 Å². The summed E-state index contributed by atoms with van der Waals surface area (Å²) in [5, 5.41) is 9.43. The molecule has 5 heteroatoms. The molecular weight excluding hydrogens is 250 g/mol. The van der Waals surface area contributed by atoms with Crippen molar-refractivity contribution in [1.29, 1.82) is 5.26 Å². The fourth-order valence-corrected chi connectivity index (χ4v) is 1.75. The van der Waals surface area contributed by atoms with E-state index in [0.717, 1.165) is 11.1 Å². The zero-order valence-electron chi connectivity index (χ0n) is 9.94.